The number of allylic oxidation sites excluding steroid dienone is 2. The lowest BCUT2D eigenvalue weighted by Gasteiger charge is -2.73. The highest BCUT2D eigenvalue weighted by Crippen LogP contribution is 2.77. The molecule has 2 N–H and O–H groups in total. The smallest absolute Gasteiger partial charge is 0.184 e. The van der Waals surface area contributed by atoms with E-state index in [1.165, 1.54) is 31.3 Å². The average molecular weight is 539 g/mol. The molecule has 4 fully saturated rings. The molecular weight excluding hydrogens is 488 g/mol. The van der Waals surface area contributed by atoms with Gasteiger partial charge in [0, 0.05) is 23.4 Å². The Morgan fingerprint density at radius 2 is 1.68 bits per heavy atom. The van der Waals surface area contributed by atoms with Gasteiger partial charge < -0.3 is 10.4 Å². The van der Waals surface area contributed by atoms with Crippen LogP contribution in [0.2, 0.25) is 0 Å². The van der Waals surface area contributed by atoms with Gasteiger partial charge in [0.15, 0.2) is 10.9 Å². The van der Waals surface area contributed by atoms with Crippen molar-refractivity contribution in [2.75, 3.05) is 5.32 Å². The number of rotatable bonds is 3. The Kier molecular flexibility index (Phi) is 5.81. The summed E-state index contributed by atoms with van der Waals surface area (Å²) < 4.78 is 0. The van der Waals surface area contributed by atoms with E-state index >= 15 is 0 Å². The van der Waals surface area contributed by atoms with Gasteiger partial charge in [0.05, 0.1) is 0 Å². The Morgan fingerprint density at radius 1 is 0.947 bits per heavy atom. The van der Waals surface area contributed by atoms with Gasteiger partial charge in [-0.3, -0.25) is 4.79 Å². The molecule has 0 spiro atoms. The van der Waals surface area contributed by atoms with Crippen molar-refractivity contribution in [2.24, 2.45) is 50.7 Å². The van der Waals surface area contributed by atoms with Gasteiger partial charge in [-0.2, -0.15) is 0 Å². The van der Waals surface area contributed by atoms with Crippen LogP contribution in [0.1, 0.15) is 113 Å². The molecule has 0 bridgehead atoms. The predicted octanol–water partition coefficient (Wildman–Crippen LogP) is 8.24. The van der Waals surface area contributed by atoms with Crippen molar-refractivity contribution in [1.82, 2.24) is 4.98 Å². The molecule has 1 aromatic rings. The number of nitrogens with one attached hydrogen (secondary N) is 1. The number of fused-ring (bicyclic) bond motifs is 7. The summed E-state index contributed by atoms with van der Waals surface area (Å²) in [6.45, 7) is 19.3. The Morgan fingerprint density at radius 3 is 2.34 bits per heavy atom. The Labute approximate surface area is 234 Å². The Bertz CT molecular complexity index is 1170. The summed E-state index contributed by atoms with van der Waals surface area (Å²) in [6, 6.07) is 0. The molecule has 1 aromatic heterocycles. The first-order valence-electron chi connectivity index (χ1n) is 15.3. The molecule has 0 unspecified atom stereocenters. The molecule has 8 atom stereocenters. The van der Waals surface area contributed by atoms with Gasteiger partial charge in [-0.25, -0.2) is 4.98 Å². The van der Waals surface area contributed by atoms with Crippen LogP contribution in [0.15, 0.2) is 22.7 Å². The first kappa shape index (κ1) is 27.0. The minimum atomic E-state index is -0.947. The van der Waals surface area contributed by atoms with E-state index in [-0.39, 0.29) is 27.1 Å². The molecule has 5 aliphatic carbocycles. The SMILES string of the molecule is CC(C)C1=C2[C@H]3CC[C@@H]4[C@@]5(C)CC[C@@](O)(Nc6nccs6)C(C)(C)[C@@H]5CC[C@@]4(C)[C@]3(C)CC[C@@]2(C)CC1=O. The molecule has 6 rings (SSSR count). The summed E-state index contributed by atoms with van der Waals surface area (Å²) in [7, 11) is 0. The number of Topliss-reactive ketones (excluding diaryl/α,β-unsaturated/α-hetero) is 1. The van der Waals surface area contributed by atoms with Crippen LogP contribution < -0.4 is 5.32 Å². The predicted molar refractivity (Wildman–Crippen MR) is 156 cm³/mol. The Hall–Kier alpha value is -1.20. The lowest BCUT2D eigenvalue weighted by atomic mass is 9.32. The third-order valence-electron chi connectivity index (χ3n) is 13.8. The molecule has 4 saturated carbocycles. The number of aliphatic hydroxyl groups is 1. The molecule has 210 valence electrons. The second kappa shape index (κ2) is 8.18. The van der Waals surface area contributed by atoms with Crippen molar-refractivity contribution in [3.05, 3.63) is 22.7 Å². The van der Waals surface area contributed by atoms with Crippen LogP contribution in [-0.2, 0) is 4.79 Å². The van der Waals surface area contributed by atoms with Crippen LogP contribution in [-0.4, -0.2) is 21.6 Å². The molecule has 0 amide bonds. The van der Waals surface area contributed by atoms with E-state index in [0.717, 1.165) is 37.2 Å². The van der Waals surface area contributed by atoms with Gasteiger partial charge in [-0.1, -0.05) is 61.0 Å². The summed E-state index contributed by atoms with van der Waals surface area (Å²) in [4.78, 5) is 17.8. The minimum absolute atomic E-state index is 0.0793. The number of anilines is 1. The zero-order valence-corrected chi connectivity index (χ0v) is 25.9. The third-order valence-corrected chi connectivity index (χ3v) is 14.4. The van der Waals surface area contributed by atoms with E-state index in [0.29, 0.717) is 29.5 Å². The molecular formula is C33H50N2O2S. The van der Waals surface area contributed by atoms with Crippen LogP contribution in [0.25, 0.3) is 0 Å². The molecule has 0 aliphatic heterocycles. The number of hydrogen-bond donors (Lipinski definition) is 2. The molecule has 0 radical (unpaired) electrons. The fourth-order valence-corrected chi connectivity index (χ4v) is 12.1. The quantitative estimate of drug-likeness (QED) is 0.380. The second-order valence-corrected chi connectivity index (χ2v) is 16.7. The molecule has 38 heavy (non-hydrogen) atoms. The minimum Gasteiger partial charge on any atom is -0.370 e. The van der Waals surface area contributed by atoms with Crippen LogP contribution in [0.5, 0.6) is 0 Å². The largest absolute Gasteiger partial charge is 0.370 e. The normalized spacial score (nSPS) is 47.8. The highest BCUT2D eigenvalue weighted by molar-refractivity contribution is 7.13. The standard InChI is InChI=1S/C33H50N2O2S/c1-20(2)25-22(36)19-29(5)13-15-31(7)21(26(25)29)9-10-24-30(6)14-16-33(37,35-27-34-17-18-38-27)28(3,4)23(30)11-12-32(24,31)8/h17-18,20-21,23-24,37H,9-16,19H2,1-8H3,(H,34,35)/t21-,23+,24-,29+,30+,31-,32-,33+/m1/s1. The van der Waals surface area contributed by atoms with E-state index in [1.807, 2.05) is 11.6 Å². The number of nitrogens with zero attached hydrogens (tertiary/aromatic N) is 1. The number of hydrogen-bond acceptors (Lipinski definition) is 5. The van der Waals surface area contributed by atoms with E-state index in [2.05, 4.69) is 65.7 Å². The third kappa shape index (κ3) is 3.24. The first-order valence-corrected chi connectivity index (χ1v) is 16.2. The van der Waals surface area contributed by atoms with Crippen molar-refractivity contribution in [2.45, 2.75) is 119 Å². The lowest BCUT2D eigenvalue weighted by molar-refractivity contribution is -0.245. The van der Waals surface area contributed by atoms with E-state index < -0.39 is 5.72 Å². The zero-order chi connectivity index (χ0) is 27.5. The van der Waals surface area contributed by atoms with Crippen molar-refractivity contribution in [3.8, 4) is 0 Å². The van der Waals surface area contributed by atoms with Crippen LogP contribution in [0.4, 0.5) is 5.13 Å². The fraction of sp³-hybridized carbons (Fsp3) is 0.818. The number of aromatic nitrogens is 1. The molecule has 5 heteroatoms. The molecule has 5 aliphatic rings. The molecule has 4 nitrogen and oxygen atoms in total. The van der Waals surface area contributed by atoms with Gasteiger partial charge in [0.2, 0.25) is 0 Å². The maximum atomic E-state index is 13.3. The first-order chi connectivity index (χ1) is 17.6. The molecule has 0 saturated heterocycles. The number of carbonyl (C=O) groups is 1. The molecule has 1 heterocycles. The molecule has 0 aromatic carbocycles. The highest BCUT2D eigenvalue weighted by Gasteiger charge is 2.71. The second-order valence-electron chi connectivity index (χ2n) is 15.8. The summed E-state index contributed by atoms with van der Waals surface area (Å²) in [5.41, 5.74) is 2.31. The van der Waals surface area contributed by atoms with E-state index in [1.54, 1.807) is 16.9 Å². The van der Waals surface area contributed by atoms with Crippen LogP contribution in [0.3, 0.4) is 0 Å². The number of ketones is 1. The van der Waals surface area contributed by atoms with E-state index in [9.17, 15) is 9.90 Å². The number of carbonyl (C=O) groups excluding carboxylic acids is 1. The zero-order valence-electron chi connectivity index (χ0n) is 25.0. The maximum Gasteiger partial charge on any atom is 0.184 e. The van der Waals surface area contributed by atoms with Crippen molar-refractivity contribution in [3.63, 3.8) is 0 Å². The highest BCUT2D eigenvalue weighted by atomic mass is 32.1. The topological polar surface area (TPSA) is 62.2 Å². The summed E-state index contributed by atoms with van der Waals surface area (Å²) in [5.74, 6) is 2.38. The van der Waals surface area contributed by atoms with Crippen LogP contribution >= 0.6 is 11.3 Å². The van der Waals surface area contributed by atoms with Gasteiger partial charge in [0.1, 0.15) is 5.72 Å². The summed E-state index contributed by atoms with van der Waals surface area (Å²) in [6.07, 6.45) is 11.6. The maximum absolute atomic E-state index is 13.3. The van der Waals surface area contributed by atoms with Gasteiger partial charge >= 0.3 is 0 Å². The van der Waals surface area contributed by atoms with Gasteiger partial charge in [0.25, 0.3) is 0 Å². The fourth-order valence-electron chi connectivity index (χ4n) is 11.5. The van der Waals surface area contributed by atoms with E-state index in [4.69, 9.17) is 0 Å². The monoisotopic (exact) mass is 538 g/mol. The number of thiazole rings is 1. The van der Waals surface area contributed by atoms with Crippen molar-refractivity contribution in [1.29, 1.82) is 0 Å². The van der Waals surface area contributed by atoms with Gasteiger partial charge in [-0.15, -0.1) is 11.3 Å². The lowest BCUT2D eigenvalue weighted by Crippen LogP contribution is -2.69. The summed E-state index contributed by atoms with van der Waals surface area (Å²) in [5, 5.41) is 18.4. The van der Waals surface area contributed by atoms with Gasteiger partial charge in [-0.05, 0) is 102 Å². The van der Waals surface area contributed by atoms with Crippen LogP contribution in [0, 0.1) is 50.7 Å². The van der Waals surface area contributed by atoms with Crippen molar-refractivity contribution >= 4 is 22.3 Å². The van der Waals surface area contributed by atoms with Crippen molar-refractivity contribution < 1.29 is 9.90 Å². The Balaban J connectivity index is 1.37. The average Bonchev–Trinajstić information content (AvgIpc) is 3.42. The summed E-state index contributed by atoms with van der Waals surface area (Å²) >= 11 is 1.57.